The number of nitrogens with zero attached hydrogens (tertiary/aromatic N) is 1. The van der Waals surface area contributed by atoms with Crippen LogP contribution < -0.4 is 14.2 Å². The lowest BCUT2D eigenvalue weighted by molar-refractivity contribution is 0.0531. The molecular weight excluding hydrogens is 368 g/mol. The van der Waals surface area contributed by atoms with Gasteiger partial charge in [-0.15, -0.1) is 0 Å². The summed E-state index contributed by atoms with van der Waals surface area (Å²) in [7, 11) is -1.19. The molecule has 0 radical (unpaired) electrons. The summed E-state index contributed by atoms with van der Waals surface area (Å²) < 4.78 is 42.8. The Kier molecular flexibility index (Phi) is 5.85. The molecule has 0 saturated carbocycles. The standard InChI is InChI=1S/C15H18N2O6S2/c1-5-23-14(18)13-9(2)16-15(24-13)17-25(19,20)12-8-10(21-3)6-7-11(12)22-4/h6-8H,5H2,1-4H3,(H,16,17). The Morgan fingerprint density at radius 1 is 1.28 bits per heavy atom. The van der Waals surface area contributed by atoms with Gasteiger partial charge in [0.2, 0.25) is 0 Å². The molecule has 25 heavy (non-hydrogen) atoms. The smallest absolute Gasteiger partial charge is 0.350 e. The van der Waals surface area contributed by atoms with Crippen LogP contribution >= 0.6 is 11.3 Å². The fourth-order valence-electron chi connectivity index (χ4n) is 1.99. The Balaban J connectivity index is 2.37. The van der Waals surface area contributed by atoms with E-state index in [1.165, 1.54) is 26.4 Å². The molecule has 0 amide bonds. The van der Waals surface area contributed by atoms with Crippen molar-refractivity contribution in [3.8, 4) is 11.5 Å². The molecule has 0 saturated heterocycles. The second-order valence-corrected chi connectivity index (χ2v) is 7.43. The number of aromatic nitrogens is 1. The van der Waals surface area contributed by atoms with Crippen LogP contribution in [-0.2, 0) is 14.8 Å². The number of carbonyl (C=O) groups excluding carboxylic acids is 1. The predicted octanol–water partition coefficient (Wildman–Crippen LogP) is 2.45. The van der Waals surface area contributed by atoms with Gasteiger partial charge in [-0.2, -0.15) is 0 Å². The van der Waals surface area contributed by atoms with Gasteiger partial charge in [-0.25, -0.2) is 18.2 Å². The van der Waals surface area contributed by atoms with Crippen LogP contribution in [0.5, 0.6) is 11.5 Å². The summed E-state index contributed by atoms with van der Waals surface area (Å²) in [4.78, 5) is 16.1. The van der Waals surface area contributed by atoms with Crippen LogP contribution in [-0.4, -0.2) is 40.2 Å². The summed E-state index contributed by atoms with van der Waals surface area (Å²) in [5, 5.41) is 0.0606. The fourth-order valence-corrected chi connectivity index (χ4v) is 4.27. The van der Waals surface area contributed by atoms with E-state index < -0.39 is 16.0 Å². The van der Waals surface area contributed by atoms with Crippen LogP contribution in [0.1, 0.15) is 22.3 Å². The highest BCUT2D eigenvalue weighted by Gasteiger charge is 2.24. The maximum atomic E-state index is 12.7. The van der Waals surface area contributed by atoms with E-state index >= 15 is 0 Å². The van der Waals surface area contributed by atoms with Gasteiger partial charge >= 0.3 is 5.97 Å². The Hall–Kier alpha value is -2.33. The van der Waals surface area contributed by atoms with Crippen molar-refractivity contribution in [1.82, 2.24) is 4.98 Å². The van der Waals surface area contributed by atoms with Gasteiger partial charge in [-0.1, -0.05) is 11.3 Å². The molecule has 1 heterocycles. The summed E-state index contributed by atoms with van der Waals surface area (Å²) >= 11 is 0.905. The number of methoxy groups -OCH3 is 2. The number of aryl methyl sites for hydroxylation is 1. The first-order chi connectivity index (χ1) is 11.8. The Morgan fingerprint density at radius 3 is 2.60 bits per heavy atom. The fraction of sp³-hybridized carbons (Fsp3) is 0.333. The van der Waals surface area contributed by atoms with Crippen molar-refractivity contribution >= 4 is 32.5 Å². The zero-order valence-corrected chi connectivity index (χ0v) is 15.8. The molecule has 0 spiro atoms. The minimum Gasteiger partial charge on any atom is -0.497 e. The normalized spacial score (nSPS) is 11.0. The third-order valence-corrected chi connectivity index (χ3v) is 5.68. The Bertz CT molecular complexity index is 876. The third kappa shape index (κ3) is 4.20. The first-order valence-corrected chi connectivity index (χ1v) is 9.51. The first-order valence-electron chi connectivity index (χ1n) is 7.21. The number of rotatable bonds is 7. The Labute approximate surface area is 149 Å². The lowest BCUT2D eigenvalue weighted by atomic mass is 10.3. The number of benzene rings is 1. The van der Waals surface area contributed by atoms with Gasteiger partial charge in [-0.3, -0.25) is 4.72 Å². The molecule has 2 rings (SSSR count). The molecule has 1 aromatic carbocycles. The number of sulfonamides is 1. The molecule has 1 aromatic heterocycles. The zero-order chi connectivity index (χ0) is 18.6. The van der Waals surface area contributed by atoms with Gasteiger partial charge in [0.1, 0.15) is 21.3 Å². The number of hydrogen-bond donors (Lipinski definition) is 1. The highest BCUT2D eigenvalue weighted by molar-refractivity contribution is 7.93. The molecule has 0 unspecified atom stereocenters. The molecule has 0 atom stereocenters. The molecule has 10 heteroatoms. The van der Waals surface area contributed by atoms with Crippen molar-refractivity contribution in [2.24, 2.45) is 0 Å². The molecule has 136 valence electrons. The predicted molar refractivity (Wildman–Crippen MR) is 93.2 cm³/mol. The van der Waals surface area contributed by atoms with Crippen molar-refractivity contribution in [2.45, 2.75) is 18.7 Å². The summed E-state index contributed by atoms with van der Waals surface area (Å²) in [6.45, 7) is 3.51. The number of thiazole rings is 1. The number of hydrogen-bond acceptors (Lipinski definition) is 8. The van der Waals surface area contributed by atoms with Crippen LogP contribution in [0.2, 0.25) is 0 Å². The maximum Gasteiger partial charge on any atom is 0.350 e. The first kappa shape index (κ1) is 19.0. The molecular formula is C15H18N2O6S2. The second kappa shape index (κ2) is 7.70. The van der Waals surface area contributed by atoms with E-state index in [1.807, 2.05) is 0 Å². The van der Waals surface area contributed by atoms with Gasteiger partial charge in [0.15, 0.2) is 5.13 Å². The van der Waals surface area contributed by atoms with Gasteiger partial charge in [0, 0.05) is 6.07 Å². The molecule has 1 N–H and O–H groups in total. The lowest BCUT2D eigenvalue weighted by Crippen LogP contribution is -2.14. The Morgan fingerprint density at radius 2 is 2.00 bits per heavy atom. The van der Waals surface area contributed by atoms with Crippen molar-refractivity contribution < 1.29 is 27.4 Å². The van der Waals surface area contributed by atoms with Crippen molar-refractivity contribution in [3.63, 3.8) is 0 Å². The summed E-state index contributed by atoms with van der Waals surface area (Å²) in [6, 6.07) is 4.42. The van der Waals surface area contributed by atoms with Crippen molar-refractivity contribution in [1.29, 1.82) is 0 Å². The van der Waals surface area contributed by atoms with E-state index in [0.717, 1.165) is 11.3 Å². The van der Waals surface area contributed by atoms with Crippen molar-refractivity contribution in [3.05, 3.63) is 28.8 Å². The minimum atomic E-state index is -3.99. The van der Waals surface area contributed by atoms with E-state index in [4.69, 9.17) is 14.2 Å². The monoisotopic (exact) mass is 386 g/mol. The number of nitrogens with one attached hydrogen (secondary N) is 1. The lowest BCUT2D eigenvalue weighted by Gasteiger charge is -2.11. The quantitative estimate of drug-likeness (QED) is 0.729. The van der Waals surface area contributed by atoms with E-state index in [1.54, 1.807) is 19.9 Å². The average Bonchev–Trinajstić information content (AvgIpc) is 2.94. The van der Waals surface area contributed by atoms with Gasteiger partial charge in [0.05, 0.1) is 26.5 Å². The maximum absolute atomic E-state index is 12.7. The summed E-state index contributed by atoms with van der Waals surface area (Å²) in [5.74, 6) is -0.0159. The number of anilines is 1. The van der Waals surface area contributed by atoms with Gasteiger partial charge in [0.25, 0.3) is 10.0 Å². The molecule has 0 aliphatic carbocycles. The van der Waals surface area contributed by atoms with E-state index in [0.29, 0.717) is 11.4 Å². The summed E-state index contributed by atoms with van der Waals surface area (Å²) in [5.41, 5.74) is 0.388. The minimum absolute atomic E-state index is 0.0606. The van der Waals surface area contributed by atoms with Crippen LogP contribution in [0.15, 0.2) is 23.1 Å². The summed E-state index contributed by atoms with van der Waals surface area (Å²) in [6.07, 6.45) is 0. The van der Waals surface area contributed by atoms with Gasteiger partial charge in [-0.05, 0) is 26.0 Å². The topological polar surface area (TPSA) is 104 Å². The molecule has 0 aliphatic rings. The molecule has 0 fully saturated rings. The molecule has 8 nitrogen and oxygen atoms in total. The number of ether oxygens (including phenoxy) is 3. The van der Waals surface area contributed by atoms with Gasteiger partial charge < -0.3 is 14.2 Å². The van der Waals surface area contributed by atoms with E-state index in [9.17, 15) is 13.2 Å². The van der Waals surface area contributed by atoms with E-state index in [2.05, 4.69) is 9.71 Å². The second-order valence-electron chi connectivity index (χ2n) is 4.78. The number of esters is 1. The number of carbonyl (C=O) groups is 1. The highest BCUT2D eigenvalue weighted by atomic mass is 32.2. The van der Waals surface area contributed by atoms with Crippen LogP contribution in [0, 0.1) is 6.92 Å². The zero-order valence-electron chi connectivity index (χ0n) is 14.2. The molecule has 0 aliphatic heterocycles. The van der Waals surface area contributed by atoms with Crippen LogP contribution in [0.25, 0.3) is 0 Å². The molecule has 2 aromatic rings. The third-order valence-electron chi connectivity index (χ3n) is 3.14. The SMILES string of the molecule is CCOC(=O)c1sc(NS(=O)(=O)c2cc(OC)ccc2OC)nc1C. The van der Waals surface area contributed by atoms with Crippen LogP contribution in [0.4, 0.5) is 5.13 Å². The van der Waals surface area contributed by atoms with Crippen molar-refractivity contribution in [2.75, 3.05) is 25.5 Å². The van der Waals surface area contributed by atoms with E-state index in [-0.39, 0.29) is 27.3 Å². The largest absolute Gasteiger partial charge is 0.497 e. The molecule has 0 bridgehead atoms. The highest BCUT2D eigenvalue weighted by Crippen LogP contribution is 2.31. The van der Waals surface area contributed by atoms with Crippen LogP contribution in [0.3, 0.4) is 0 Å². The average molecular weight is 386 g/mol.